The van der Waals surface area contributed by atoms with Gasteiger partial charge in [0.15, 0.2) is 0 Å². The smallest absolute Gasteiger partial charge is 0.245 e. The van der Waals surface area contributed by atoms with Crippen LogP contribution in [-0.2, 0) is 9.53 Å². The minimum Gasteiger partial charge on any atom is -0.492 e. The number of nitrogens with two attached hydrogens (primary N) is 1. The van der Waals surface area contributed by atoms with Crippen LogP contribution in [0.1, 0.15) is 6.92 Å². The molecular weight excluding hydrogens is 132 g/mol. The van der Waals surface area contributed by atoms with Crippen molar-refractivity contribution in [3.63, 3.8) is 0 Å². The van der Waals surface area contributed by atoms with Crippen LogP contribution >= 0.6 is 0 Å². The van der Waals surface area contributed by atoms with E-state index in [1.54, 1.807) is 6.92 Å². The minimum absolute atomic E-state index is 0.190. The third-order valence-electron chi connectivity index (χ3n) is 0.738. The van der Waals surface area contributed by atoms with E-state index < -0.39 is 5.91 Å². The van der Waals surface area contributed by atoms with Crippen molar-refractivity contribution in [1.29, 1.82) is 5.41 Å². The monoisotopic (exact) mass is 142 g/mol. The maximum Gasteiger partial charge on any atom is 0.245 e. The Bertz CT molecular complexity index is 163. The first-order valence-electron chi connectivity index (χ1n) is 2.85. The third-order valence-corrected chi connectivity index (χ3v) is 0.738. The van der Waals surface area contributed by atoms with Gasteiger partial charge in [-0.3, -0.25) is 4.79 Å². The maximum absolute atomic E-state index is 10.2. The fourth-order valence-electron chi connectivity index (χ4n) is 0.432. The molecule has 4 nitrogen and oxygen atoms in total. The standard InChI is InChI=1S/C6H10N2O2/c1-2-10-5(4-7)3-6(8)9/h3-4,7H,2H2,1H3,(H2,8,9)/b5-3+,7-4?. The van der Waals surface area contributed by atoms with Gasteiger partial charge in [0.05, 0.1) is 12.8 Å². The van der Waals surface area contributed by atoms with Gasteiger partial charge in [-0.25, -0.2) is 0 Å². The first-order valence-corrected chi connectivity index (χ1v) is 2.85. The highest BCUT2D eigenvalue weighted by Gasteiger charge is 1.93. The van der Waals surface area contributed by atoms with Crippen molar-refractivity contribution in [1.82, 2.24) is 0 Å². The second-order valence-electron chi connectivity index (χ2n) is 1.53. The number of hydrogen-bond donors (Lipinski definition) is 2. The molecule has 0 aliphatic heterocycles. The summed E-state index contributed by atoms with van der Waals surface area (Å²) in [4.78, 5) is 10.2. The molecule has 0 bridgehead atoms. The lowest BCUT2D eigenvalue weighted by atomic mass is 10.4. The zero-order valence-electron chi connectivity index (χ0n) is 5.76. The van der Waals surface area contributed by atoms with Crippen molar-refractivity contribution in [2.75, 3.05) is 6.61 Å². The summed E-state index contributed by atoms with van der Waals surface area (Å²) in [5, 5.41) is 6.73. The van der Waals surface area contributed by atoms with Crippen LogP contribution < -0.4 is 5.73 Å². The van der Waals surface area contributed by atoms with Crippen molar-refractivity contribution in [2.24, 2.45) is 5.73 Å². The Morgan fingerprint density at radius 2 is 2.40 bits per heavy atom. The molecule has 0 spiro atoms. The average molecular weight is 142 g/mol. The number of carbonyl (C=O) groups is 1. The van der Waals surface area contributed by atoms with E-state index in [4.69, 9.17) is 15.9 Å². The van der Waals surface area contributed by atoms with Gasteiger partial charge in [0, 0.05) is 6.08 Å². The molecule has 0 aliphatic carbocycles. The number of ether oxygens (including phenoxy) is 1. The van der Waals surface area contributed by atoms with Crippen LogP contribution in [0.2, 0.25) is 0 Å². The predicted octanol–water partition coefficient (Wildman–Crippen LogP) is 0.0417. The zero-order valence-corrected chi connectivity index (χ0v) is 5.76. The first kappa shape index (κ1) is 8.68. The molecule has 0 aliphatic rings. The van der Waals surface area contributed by atoms with Crippen molar-refractivity contribution in [3.05, 3.63) is 11.8 Å². The topological polar surface area (TPSA) is 76.2 Å². The second kappa shape index (κ2) is 4.55. The number of allylic oxidation sites excluding steroid dienone is 1. The summed E-state index contributed by atoms with van der Waals surface area (Å²) in [5.41, 5.74) is 4.80. The number of hydrogen-bond acceptors (Lipinski definition) is 3. The highest BCUT2D eigenvalue weighted by molar-refractivity contribution is 5.91. The van der Waals surface area contributed by atoms with Crippen molar-refractivity contribution in [2.45, 2.75) is 6.92 Å². The van der Waals surface area contributed by atoms with Gasteiger partial charge >= 0.3 is 0 Å². The van der Waals surface area contributed by atoms with Crippen LogP contribution in [0, 0.1) is 5.41 Å². The molecule has 0 saturated heterocycles. The molecule has 0 heterocycles. The van der Waals surface area contributed by atoms with E-state index in [-0.39, 0.29) is 5.76 Å². The van der Waals surface area contributed by atoms with Crippen molar-refractivity contribution >= 4 is 12.1 Å². The number of nitrogens with one attached hydrogen (secondary N) is 1. The molecule has 1 amide bonds. The SMILES string of the molecule is CCO/C(C=N)=C/C(N)=O. The summed E-state index contributed by atoms with van der Waals surface area (Å²) >= 11 is 0. The molecule has 0 saturated carbocycles. The summed E-state index contributed by atoms with van der Waals surface area (Å²) in [6.45, 7) is 2.19. The normalized spacial score (nSPS) is 10.7. The molecule has 4 heteroatoms. The van der Waals surface area contributed by atoms with E-state index in [2.05, 4.69) is 0 Å². The number of rotatable bonds is 4. The molecule has 0 unspecified atom stereocenters. The lowest BCUT2D eigenvalue weighted by Gasteiger charge is -1.99. The lowest BCUT2D eigenvalue weighted by molar-refractivity contribution is -0.113. The van der Waals surface area contributed by atoms with Gasteiger partial charge in [-0.15, -0.1) is 0 Å². The summed E-state index contributed by atoms with van der Waals surface area (Å²) in [5.74, 6) is -0.415. The van der Waals surface area contributed by atoms with Crippen LogP contribution in [0.25, 0.3) is 0 Å². The Morgan fingerprint density at radius 3 is 2.70 bits per heavy atom. The number of amides is 1. The van der Waals surface area contributed by atoms with E-state index in [1.807, 2.05) is 0 Å². The van der Waals surface area contributed by atoms with Gasteiger partial charge in [0.1, 0.15) is 5.76 Å². The van der Waals surface area contributed by atoms with Crippen LogP contribution in [0.5, 0.6) is 0 Å². The maximum atomic E-state index is 10.2. The largest absolute Gasteiger partial charge is 0.492 e. The van der Waals surface area contributed by atoms with Gasteiger partial charge in [0.2, 0.25) is 5.91 Å². The average Bonchev–Trinajstić information content (AvgIpc) is 1.86. The van der Waals surface area contributed by atoms with Gasteiger partial charge in [0.25, 0.3) is 0 Å². The highest BCUT2D eigenvalue weighted by Crippen LogP contribution is 1.90. The number of carbonyl (C=O) groups excluding carboxylic acids is 1. The van der Waals surface area contributed by atoms with Gasteiger partial charge in [-0.05, 0) is 6.92 Å². The van der Waals surface area contributed by atoms with Crippen LogP contribution in [-0.4, -0.2) is 18.7 Å². The minimum atomic E-state index is -0.605. The van der Waals surface area contributed by atoms with E-state index in [1.165, 1.54) is 0 Å². The van der Waals surface area contributed by atoms with E-state index >= 15 is 0 Å². The highest BCUT2D eigenvalue weighted by atomic mass is 16.5. The van der Waals surface area contributed by atoms with Crippen LogP contribution in [0.4, 0.5) is 0 Å². The van der Waals surface area contributed by atoms with E-state index in [0.717, 1.165) is 12.3 Å². The van der Waals surface area contributed by atoms with E-state index in [9.17, 15) is 4.79 Å². The Kier molecular flexibility index (Phi) is 3.95. The summed E-state index contributed by atoms with van der Waals surface area (Å²) < 4.78 is 4.82. The molecule has 0 radical (unpaired) electrons. The Morgan fingerprint density at radius 1 is 1.80 bits per heavy atom. The summed E-state index contributed by atoms with van der Waals surface area (Å²) in [7, 11) is 0. The summed E-state index contributed by atoms with van der Waals surface area (Å²) in [6.07, 6.45) is 2.00. The van der Waals surface area contributed by atoms with Crippen LogP contribution in [0.15, 0.2) is 11.8 Å². The molecule has 0 aromatic heterocycles. The molecular formula is C6H10N2O2. The van der Waals surface area contributed by atoms with Crippen molar-refractivity contribution < 1.29 is 9.53 Å². The predicted molar refractivity (Wildman–Crippen MR) is 37.7 cm³/mol. The summed E-state index contributed by atoms with van der Waals surface area (Å²) in [6, 6.07) is 0. The fourth-order valence-corrected chi connectivity index (χ4v) is 0.432. The first-order chi connectivity index (χ1) is 4.70. The molecule has 0 aromatic carbocycles. The second-order valence-corrected chi connectivity index (χ2v) is 1.53. The molecule has 56 valence electrons. The zero-order chi connectivity index (χ0) is 7.98. The third kappa shape index (κ3) is 3.65. The lowest BCUT2D eigenvalue weighted by Crippen LogP contribution is -2.08. The Balaban J connectivity index is 4.03. The van der Waals surface area contributed by atoms with Crippen molar-refractivity contribution in [3.8, 4) is 0 Å². The van der Waals surface area contributed by atoms with Gasteiger partial charge in [-0.1, -0.05) is 0 Å². The molecule has 10 heavy (non-hydrogen) atoms. The Hall–Kier alpha value is -1.32. The molecule has 3 N–H and O–H groups in total. The molecule has 0 rings (SSSR count). The molecule has 0 atom stereocenters. The quantitative estimate of drug-likeness (QED) is 0.330. The van der Waals surface area contributed by atoms with Crippen LogP contribution in [0.3, 0.4) is 0 Å². The Labute approximate surface area is 59.2 Å². The number of primary amides is 1. The van der Waals surface area contributed by atoms with Gasteiger partial charge in [-0.2, -0.15) is 0 Å². The molecule has 0 aromatic rings. The molecule has 0 fully saturated rings. The fraction of sp³-hybridized carbons (Fsp3) is 0.333. The van der Waals surface area contributed by atoms with E-state index in [0.29, 0.717) is 6.61 Å². The van der Waals surface area contributed by atoms with Gasteiger partial charge < -0.3 is 15.9 Å².